The summed E-state index contributed by atoms with van der Waals surface area (Å²) in [5, 5.41) is 14.5. The van der Waals surface area contributed by atoms with Crippen LogP contribution in [0.4, 0.5) is 5.95 Å². The minimum atomic E-state index is -0.370. The number of hydrogen-bond donors (Lipinski definition) is 2. The molecule has 3 N–H and O–H groups in total. The van der Waals surface area contributed by atoms with Crippen LogP contribution in [-0.4, -0.2) is 32.3 Å². The maximum Gasteiger partial charge on any atom is 0.263 e. The topological polar surface area (TPSA) is 111 Å². The number of carbonyl (C=O) groups is 1. The van der Waals surface area contributed by atoms with Crippen molar-refractivity contribution >= 4 is 34.0 Å². The van der Waals surface area contributed by atoms with E-state index >= 15 is 0 Å². The molecule has 0 atom stereocenters. The molecule has 0 radical (unpaired) electrons. The number of amides is 1. The van der Waals surface area contributed by atoms with Gasteiger partial charge in [-0.2, -0.15) is 9.90 Å². The largest absolute Gasteiger partial charge is 0.365 e. The van der Waals surface area contributed by atoms with Gasteiger partial charge in [0.15, 0.2) is 0 Å². The van der Waals surface area contributed by atoms with Crippen LogP contribution in [0.3, 0.4) is 0 Å². The van der Waals surface area contributed by atoms with Crippen molar-refractivity contribution in [3.63, 3.8) is 0 Å². The van der Waals surface area contributed by atoms with Crippen LogP contribution in [0, 0.1) is 0 Å². The van der Waals surface area contributed by atoms with Crippen molar-refractivity contribution in [1.29, 1.82) is 0 Å². The molecule has 0 unspecified atom stereocenters. The molecule has 2 aromatic rings. The lowest BCUT2D eigenvalue weighted by Gasteiger charge is -1.98. The Labute approximate surface area is 116 Å². The van der Waals surface area contributed by atoms with Crippen molar-refractivity contribution in [3.05, 3.63) is 34.3 Å². The SMILES string of the molecule is Nc1nnn(CC(=O)N/N=C/c2ccc(Br)cc2)n1. The first-order chi connectivity index (χ1) is 9.13. The number of halogens is 1. The molecule has 0 saturated carbocycles. The number of rotatable bonds is 4. The highest BCUT2D eigenvalue weighted by Crippen LogP contribution is 2.08. The van der Waals surface area contributed by atoms with Crippen LogP contribution in [-0.2, 0) is 11.3 Å². The Hall–Kier alpha value is -2.29. The number of aromatic nitrogens is 4. The molecule has 1 aromatic carbocycles. The van der Waals surface area contributed by atoms with E-state index in [-0.39, 0.29) is 18.4 Å². The van der Waals surface area contributed by atoms with Crippen molar-refractivity contribution in [2.24, 2.45) is 5.10 Å². The maximum absolute atomic E-state index is 11.5. The quantitative estimate of drug-likeness (QED) is 0.615. The number of nitrogens with one attached hydrogen (secondary N) is 1. The fourth-order valence-corrected chi connectivity index (χ4v) is 1.48. The highest BCUT2D eigenvalue weighted by Gasteiger charge is 2.04. The number of tetrazole rings is 1. The van der Waals surface area contributed by atoms with Gasteiger partial charge in [-0.1, -0.05) is 33.2 Å². The first-order valence-electron chi connectivity index (χ1n) is 5.24. The monoisotopic (exact) mass is 323 g/mol. The number of nitrogens with zero attached hydrogens (tertiary/aromatic N) is 5. The molecule has 2 rings (SSSR count). The molecular formula is C10H10BrN7O. The minimum absolute atomic E-state index is 0.0196. The fourth-order valence-electron chi connectivity index (χ4n) is 1.21. The van der Waals surface area contributed by atoms with Gasteiger partial charge in [0.05, 0.1) is 6.21 Å². The highest BCUT2D eigenvalue weighted by molar-refractivity contribution is 9.10. The zero-order chi connectivity index (χ0) is 13.7. The van der Waals surface area contributed by atoms with Crippen molar-refractivity contribution in [2.75, 3.05) is 5.73 Å². The van der Waals surface area contributed by atoms with Crippen molar-refractivity contribution in [3.8, 4) is 0 Å². The van der Waals surface area contributed by atoms with Crippen LogP contribution < -0.4 is 11.2 Å². The first kappa shape index (κ1) is 13.1. The smallest absolute Gasteiger partial charge is 0.263 e. The average Bonchev–Trinajstić information content (AvgIpc) is 2.77. The van der Waals surface area contributed by atoms with Crippen molar-refractivity contribution in [2.45, 2.75) is 6.54 Å². The number of hydrazone groups is 1. The minimum Gasteiger partial charge on any atom is -0.365 e. The summed E-state index contributed by atoms with van der Waals surface area (Å²) in [4.78, 5) is 12.5. The van der Waals surface area contributed by atoms with Crippen LogP contribution in [0.2, 0.25) is 0 Å². The van der Waals surface area contributed by atoms with E-state index in [0.717, 1.165) is 14.8 Å². The van der Waals surface area contributed by atoms with E-state index in [9.17, 15) is 4.79 Å². The van der Waals surface area contributed by atoms with Crippen LogP contribution >= 0.6 is 15.9 Å². The number of anilines is 1. The van der Waals surface area contributed by atoms with Gasteiger partial charge in [0.25, 0.3) is 11.9 Å². The number of benzene rings is 1. The Balaban J connectivity index is 1.84. The van der Waals surface area contributed by atoms with Gasteiger partial charge in [0.2, 0.25) is 0 Å². The molecule has 0 aliphatic rings. The molecule has 0 aliphatic carbocycles. The predicted molar refractivity (Wildman–Crippen MR) is 72.1 cm³/mol. The van der Waals surface area contributed by atoms with Gasteiger partial charge in [-0.3, -0.25) is 4.79 Å². The Bertz CT molecular complexity index is 592. The predicted octanol–water partition coefficient (Wildman–Crippen LogP) is 0.168. The maximum atomic E-state index is 11.5. The summed E-state index contributed by atoms with van der Waals surface area (Å²) in [5.41, 5.74) is 8.49. The van der Waals surface area contributed by atoms with Gasteiger partial charge in [-0.25, -0.2) is 5.43 Å². The van der Waals surface area contributed by atoms with Crippen molar-refractivity contribution < 1.29 is 4.79 Å². The van der Waals surface area contributed by atoms with Gasteiger partial charge in [-0.05, 0) is 22.9 Å². The molecule has 0 saturated heterocycles. The normalized spacial score (nSPS) is 10.8. The summed E-state index contributed by atoms with van der Waals surface area (Å²) >= 11 is 3.33. The second-order valence-corrected chi connectivity index (χ2v) is 4.44. The zero-order valence-corrected chi connectivity index (χ0v) is 11.3. The highest BCUT2D eigenvalue weighted by atomic mass is 79.9. The number of nitrogens with two attached hydrogens (primary N) is 1. The molecule has 0 aliphatic heterocycles. The third kappa shape index (κ3) is 4.14. The summed E-state index contributed by atoms with van der Waals surface area (Å²) in [5.74, 6) is -0.350. The Morgan fingerprint density at radius 1 is 1.47 bits per heavy atom. The fraction of sp³-hybridized carbons (Fsp3) is 0.100. The van der Waals surface area contributed by atoms with E-state index in [2.05, 4.69) is 41.9 Å². The molecule has 0 fully saturated rings. The third-order valence-electron chi connectivity index (χ3n) is 2.03. The average molecular weight is 324 g/mol. The van der Waals surface area contributed by atoms with Gasteiger partial charge < -0.3 is 5.73 Å². The summed E-state index contributed by atoms with van der Waals surface area (Å²) in [6.07, 6.45) is 1.54. The molecule has 0 bridgehead atoms. The molecule has 1 heterocycles. The Kier molecular flexibility index (Phi) is 4.18. The van der Waals surface area contributed by atoms with Crippen molar-refractivity contribution in [1.82, 2.24) is 25.6 Å². The van der Waals surface area contributed by atoms with Crippen LogP contribution in [0.1, 0.15) is 5.56 Å². The molecule has 1 amide bonds. The lowest BCUT2D eigenvalue weighted by Crippen LogP contribution is -2.24. The van der Waals surface area contributed by atoms with Gasteiger partial charge in [0.1, 0.15) is 6.54 Å². The summed E-state index contributed by atoms with van der Waals surface area (Å²) in [6, 6.07) is 7.48. The Morgan fingerprint density at radius 3 is 2.84 bits per heavy atom. The lowest BCUT2D eigenvalue weighted by molar-refractivity contribution is -0.122. The summed E-state index contributed by atoms with van der Waals surface area (Å²) in [6.45, 7) is -0.0954. The van der Waals surface area contributed by atoms with Crippen LogP contribution in [0.5, 0.6) is 0 Å². The van der Waals surface area contributed by atoms with E-state index < -0.39 is 0 Å². The molecule has 8 nitrogen and oxygen atoms in total. The number of hydrogen-bond acceptors (Lipinski definition) is 6. The Morgan fingerprint density at radius 2 is 2.21 bits per heavy atom. The molecule has 19 heavy (non-hydrogen) atoms. The third-order valence-corrected chi connectivity index (χ3v) is 2.55. The van der Waals surface area contributed by atoms with E-state index in [1.165, 1.54) is 6.21 Å². The molecule has 98 valence electrons. The standard InChI is InChI=1S/C10H10BrN7O/c11-8-3-1-7(2-4-8)5-13-14-9(19)6-18-16-10(12)15-17-18/h1-5H,6H2,(H2,12,16)(H,14,19)/b13-5+. The summed E-state index contributed by atoms with van der Waals surface area (Å²) in [7, 11) is 0. The number of nitrogen functional groups attached to an aromatic ring is 1. The second-order valence-electron chi connectivity index (χ2n) is 3.52. The first-order valence-corrected chi connectivity index (χ1v) is 6.03. The molecule has 0 spiro atoms. The van der Waals surface area contributed by atoms with Gasteiger partial charge in [-0.15, -0.1) is 5.10 Å². The van der Waals surface area contributed by atoms with E-state index in [0.29, 0.717) is 0 Å². The van der Waals surface area contributed by atoms with E-state index in [1.807, 2.05) is 24.3 Å². The summed E-state index contributed by atoms with van der Waals surface area (Å²) < 4.78 is 0.975. The molecular weight excluding hydrogens is 314 g/mol. The van der Waals surface area contributed by atoms with Crippen LogP contribution in [0.15, 0.2) is 33.8 Å². The van der Waals surface area contributed by atoms with E-state index in [4.69, 9.17) is 5.73 Å². The zero-order valence-electron chi connectivity index (χ0n) is 9.69. The van der Waals surface area contributed by atoms with Crippen LogP contribution in [0.25, 0.3) is 0 Å². The molecule has 1 aromatic heterocycles. The second kappa shape index (κ2) is 6.05. The number of carbonyl (C=O) groups excluding carboxylic acids is 1. The van der Waals surface area contributed by atoms with Gasteiger partial charge >= 0.3 is 0 Å². The van der Waals surface area contributed by atoms with Gasteiger partial charge in [0, 0.05) is 4.47 Å². The molecule has 9 heteroatoms. The van der Waals surface area contributed by atoms with E-state index in [1.54, 1.807) is 0 Å². The lowest BCUT2D eigenvalue weighted by atomic mass is 10.2.